The average Bonchev–Trinajstić information content (AvgIpc) is 3.17. The van der Waals surface area contributed by atoms with Gasteiger partial charge in [0.25, 0.3) is 0 Å². The summed E-state index contributed by atoms with van der Waals surface area (Å²) in [6.45, 7) is 2.63. The van der Waals surface area contributed by atoms with Gasteiger partial charge in [-0.1, -0.05) is 38.5 Å². The molecule has 0 amide bonds. The monoisotopic (exact) mass is 278 g/mol. The van der Waals surface area contributed by atoms with Gasteiger partial charge in [0, 0.05) is 25.2 Å². The summed E-state index contributed by atoms with van der Waals surface area (Å²) >= 11 is 0. The van der Waals surface area contributed by atoms with Gasteiger partial charge in [0.1, 0.15) is 0 Å². The fourth-order valence-corrected chi connectivity index (χ4v) is 4.52. The smallest absolute Gasteiger partial charge is 0.00924 e. The second kappa shape index (κ2) is 6.79. The molecule has 0 atom stereocenters. The molecule has 20 heavy (non-hydrogen) atoms. The lowest BCUT2D eigenvalue weighted by atomic mass is 9.79. The minimum atomic E-state index is 0.580. The Bertz CT molecular complexity index is 284. The van der Waals surface area contributed by atoms with Crippen molar-refractivity contribution in [1.29, 1.82) is 0 Å². The van der Waals surface area contributed by atoms with Crippen LogP contribution in [0.2, 0.25) is 0 Å². The summed E-state index contributed by atoms with van der Waals surface area (Å²) in [6.07, 6.45) is 17.5. The summed E-state index contributed by atoms with van der Waals surface area (Å²) in [6, 6.07) is 1.75. The Hall–Kier alpha value is -0.0800. The molecule has 0 radical (unpaired) electrons. The van der Waals surface area contributed by atoms with Crippen LogP contribution in [-0.2, 0) is 0 Å². The van der Waals surface area contributed by atoms with Crippen molar-refractivity contribution in [3.63, 3.8) is 0 Å². The van der Waals surface area contributed by atoms with Crippen LogP contribution < -0.4 is 5.32 Å². The van der Waals surface area contributed by atoms with Gasteiger partial charge >= 0.3 is 0 Å². The van der Waals surface area contributed by atoms with Gasteiger partial charge in [0.2, 0.25) is 0 Å². The van der Waals surface area contributed by atoms with Gasteiger partial charge in [0.05, 0.1) is 0 Å². The molecule has 0 aromatic rings. The fourth-order valence-electron chi connectivity index (χ4n) is 4.52. The largest absolute Gasteiger partial charge is 0.313 e. The maximum Gasteiger partial charge on any atom is 0.00924 e. The van der Waals surface area contributed by atoms with Gasteiger partial charge < -0.3 is 10.2 Å². The van der Waals surface area contributed by atoms with E-state index in [1.807, 2.05) is 0 Å². The summed E-state index contributed by atoms with van der Waals surface area (Å²) in [5.41, 5.74) is 0.580. The maximum absolute atomic E-state index is 3.86. The predicted octanol–water partition coefficient (Wildman–Crippen LogP) is 3.95. The summed E-state index contributed by atoms with van der Waals surface area (Å²) in [7, 11) is 2.40. The van der Waals surface area contributed by atoms with Gasteiger partial charge in [0.15, 0.2) is 0 Å². The van der Waals surface area contributed by atoms with Crippen molar-refractivity contribution in [2.24, 2.45) is 5.41 Å². The first kappa shape index (κ1) is 14.8. The summed E-state index contributed by atoms with van der Waals surface area (Å²) in [5, 5.41) is 3.86. The quantitative estimate of drug-likeness (QED) is 0.740. The molecule has 3 fully saturated rings. The molecule has 0 aromatic heterocycles. The Balaban J connectivity index is 1.59. The Kier molecular flexibility index (Phi) is 5.04. The van der Waals surface area contributed by atoms with Crippen LogP contribution in [-0.4, -0.2) is 37.1 Å². The standard InChI is InChI=1S/C18H34N2/c1-20(17-8-4-5-9-17)15-18(14-19-16-10-11-16)12-6-2-3-7-13-18/h16-17,19H,2-15H2,1H3. The second-order valence-corrected chi connectivity index (χ2v) is 7.92. The van der Waals surface area contributed by atoms with Gasteiger partial charge in [-0.05, 0) is 51.0 Å². The third kappa shape index (κ3) is 3.98. The first-order valence-electron chi connectivity index (χ1n) is 9.21. The second-order valence-electron chi connectivity index (χ2n) is 7.92. The zero-order chi connectivity index (χ0) is 13.8. The SMILES string of the molecule is CN(CC1(CNC2CC2)CCCCCC1)C1CCCC1. The molecule has 0 spiro atoms. The van der Waals surface area contributed by atoms with Crippen LogP contribution in [0.25, 0.3) is 0 Å². The highest BCUT2D eigenvalue weighted by Gasteiger charge is 2.35. The van der Waals surface area contributed by atoms with E-state index in [0.717, 1.165) is 12.1 Å². The molecule has 0 aliphatic heterocycles. The van der Waals surface area contributed by atoms with Crippen LogP contribution in [0.4, 0.5) is 0 Å². The molecular weight excluding hydrogens is 244 g/mol. The van der Waals surface area contributed by atoms with E-state index < -0.39 is 0 Å². The number of hydrogen-bond acceptors (Lipinski definition) is 2. The highest BCUT2D eigenvalue weighted by molar-refractivity contribution is 4.91. The van der Waals surface area contributed by atoms with Crippen LogP contribution in [0, 0.1) is 5.41 Å². The molecule has 0 bridgehead atoms. The number of nitrogens with one attached hydrogen (secondary N) is 1. The summed E-state index contributed by atoms with van der Waals surface area (Å²) < 4.78 is 0. The summed E-state index contributed by atoms with van der Waals surface area (Å²) in [4.78, 5) is 2.73. The molecule has 2 nitrogen and oxygen atoms in total. The molecule has 1 N–H and O–H groups in total. The third-order valence-corrected chi connectivity index (χ3v) is 6.04. The van der Waals surface area contributed by atoms with Crippen molar-refractivity contribution in [3.8, 4) is 0 Å². The Morgan fingerprint density at radius 2 is 1.55 bits per heavy atom. The van der Waals surface area contributed by atoms with Gasteiger partial charge in [-0.25, -0.2) is 0 Å². The normalized spacial score (nSPS) is 27.9. The minimum absolute atomic E-state index is 0.580. The first-order chi connectivity index (χ1) is 9.77. The van der Waals surface area contributed by atoms with E-state index in [-0.39, 0.29) is 0 Å². The van der Waals surface area contributed by atoms with Crippen LogP contribution >= 0.6 is 0 Å². The molecule has 0 saturated heterocycles. The van der Waals surface area contributed by atoms with Gasteiger partial charge in [-0.15, -0.1) is 0 Å². The van der Waals surface area contributed by atoms with Crippen molar-refractivity contribution in [3.05, 3.63) is 0 Å². The van der Waals surface area contributed by atoms with Crippen molar-refractivity contribution >= 4 is 0 Å². The molecule has 3 rings (SSSR count). The number of rotatable bonds is 6. The molecule has 3 saturated carbocycles. The highest BCUT2D eigenvalue weighted by atomic mass is 15.1. The van der Waals surface area contributed by atoms with Gasteiger partial charge in [-0.3, -0.25) is 0 Å². The van der Waals surface area contributed by atoms with E-state index >= 15 is 0 Å². The van der Waals surface area contributed by atoms with Crippen molar-refractivity contribution in [1.82, 2.24) is 10.2 Å². The highest BCUT2D eigenvalue weighted by Crippen LogP contribution is 2.37. The van der Waals surface area contributed by atoms with Crippen LogP contribution in [0.1, 0.15) is 77.0 Å². The summed E-state index contributed by atoms with van der Waals surface area (Å²) in [5.74, 6) is 0. The Morgan fingerprint density at radius 1 is 0.900 bits per heavy atom. The lowest BCUT2D eigenvalue weighted by Gasteiger charge is -2.39. The third-order valence-electron chi connectivity index (χ3n) is 6.04. The zero-order valence-electron chi connectivity index (χ0n) is 13.5. The fraction of sp³-hybridized carbons (Fsp3) is 1.00. The molecule has 116 valence electrons. The minimum Gasteiger partial charge on any atom is -0.313 e. The van der Waals surface area contributed by atoms with E-state index in [2.05, 4.69) is 17.3 Å². The van der Waals surface area contributed by atoms with E-state index in [4.69, 9.17) is 0 Å². The Morgan fingerprint density at radius 3 is 2.15 bits per heavy atom. The molecule has 3 aliphatic rings. The lowest BCUT2D eigenvalue weighted by molar-refractivity contribution is 0.115. The van der Waals surface area contributed by atoms with E-state index in [1.54, 1.807) is 0 Å². The lowest BCUT2D eigenvalue weighted by Crippen LogP contribution is -2.46. The van der Waals surface area contributed by atoms with E-state index in [9.17, 15) is 0 Å². The molecular formula is C18H34N2. The molecule has 2 heteroatoms. The Labute approximate surface area is 125 Å². The van der Waals surface area contributed by atoms with Crippen molar-refractivity contribution in [2.45, 2.75) is 89.1 Å². The molecule has 0 aromatic carbocycles. The van der Waals surface area contributed by atoms with E-state index in [0.29, 0.717) is 5.41 Å². The van der Waals surface area contributed by atoms with Crippen LogP contribution in [0.5, 0.6) is 0 Å². The van der Waals surface area contributed by atoms with Crippen LogP contribution in [0.15, 0.2) is 0 Å². The van der Waals surface area contributed by atoms with Crippen molar-refractivity contribution < 1.29 is 0 Å². The molecule has 0 unspecified atom stereocenters. The van der Waals surface area contributed by atoms with E-state index in [1.165, 1.54) is 90.1 Å². The average molecular weight is 278 g/mol. The maximum atomic E-state index is 3.86. The zero-order valence-corrected chi connectivity index (χ0v) is 13.5. The number of nitrogens with zero attached hydrogens (tertiary/aromatic N) is 1. The predicted molar refractivity (Wildman–Crippen MR) is 86.0 cm³/mol. The molecule has 3 aliphatic carbocycles. The van der Waals surface area contributed by atoms with Crippen molar-refractivity contribution in [2.75, 3.05) is 20.1 Å². The van der Waals surface area contributed by atoms with Gasteiger partial charge in [-0.2, -0.15) is 0 Å². The molecule has 0 heterocycles. The topological polar surface area (TPSA) is 15.3 Å². The van der Waals surface area contributed by atoms with Crippen LogP contribution in [0.3, 0.4) is 0 Å². The first-order valence-corrected chi connectivity index (χ1v) is 9.21. The number of hydrogen-bond donors (Lipinski definition) is 1.